The van der Waals surface area contributed by atoms with E-state index in [0.717, 1.165) is 29.0 Å². The number of benzene rings is 2. The Morgan fingerprint density at radius 3 is 1.97 bits per heavy atom. The van der Waals surface area contributed by atoms with Crippen molar-refractivity contribution in [3.8, 4) is 11.5 Å². The van der Waals surface area contributed by atoms with Crippen molar-refractivity contribution < 1.29 is 19.1 Å². The van der Waals surface area contributed by atoms with Crippen molar-refractivity contribution in [1.82, 2.24) is 4.98 Å². The summed E-state index contributed by atoms with van der Waals surface area (Å²) in [6.45, 7) is 1.91. The zero-order chi connectivity index (χ0) is 20.9. The SMILES string of the molecule is Cc1cnc(N(C(=O)Oc2ccccc2)C(=O)Oc2ccccc2)cc1NC1CC1. The Morgan fingerprint density at radius 2 is 1.47 bits per heavy atom. The maximum Gasteiger partial charge on any atom is 0.430 e. The van der Waals surface area contributed by atoms with Crippen molar-refractivity contribution in [2.24, 2.45) is 0 Å². The molecule has 1 N–H and O–H groups in total. The highest BCUT2D eigenvalue weighted by Crippen LogP contribution is 2.29. The van der Waals surface area contributed by atoms with Gasteiger partial charge in [0, 0.05) is 24.0 Å². The fraction of sp³-hybridized carbons (Fsp3) is 0.174. The van der Waals surface area contributed by atoms with Crippen LogP contribution in [0.5, 0.6) is 11.5 Å². The summed E-state index contributed by atoms with van der Waals surface area (Å²) in [6, 6.07) is 19.1. The summed E-state index contributed by atoms with van der Waals surface area (Å²) >= 11 is 0. The first kappa shape index (κ1) is 19.4. The molecule has 0 unspecified atom stereocenters. The van der Waals surface area contributed by atoms with E-state index in [-0.39, 0.29) is 5.82 Å². The average Bonchev–Trinajstić information content (AvgIpc) is 3.56. The van der Waals surface area contributed by atoms with Crippen LogP contribution in [0.1, 0.15) is 18.4 Å². The standard InChI is InChI=1S/C23H21N3O4/c1-16-15-24-21(14-20(16)25-17-12-13-17)26(22(27)29-18-8-4-2-5-9-18)23(28)30-19-10-6-3-7-11-19/h2-11,14-15,17H,12-13H2,1H3,(H,24,25). The Kier molecular flexibility index (Phi) is 5.61. The zero-order valence-corrected chi connectivity index (χ0v) is 16.4. The normalized spacial score (nSPS) is 12.7. The molecule has 0 saturated heterocycles. The van der Waals surface area contributed by atoms with E-state index in [2.05, 4.69) is 10.3 Å². The van der Waals surface area contributed by atoms with E-state index in [1.165, 1.54) is 0 Å². The number of aryl methyl sites for hydroxylation is 1. The quantitative estimate of drug-likeness (QED) is 0.633. The van der Waals surface area contributed by atoms with Crippen LogP contribution < -0.4 is 19.7 Å². The lowest BCUT2D eigenvalue weighted by Crippen LogP contribution is -2.41. The Labute approximate surface area is 174 Å². The molecule has 4 rings (SSSR count). The number of carbonyl (C=O) groups excluding carboxylic acids is 2. The maximum absolute atomic E-state index is 12.9. The van der Waals surface area contributed by atoms with E-state index in [4.69, 9.17) is 9.47 Å². The third-order valence-electron chi connectivity index (χ3n) is 4.52. The summed E-state index contributed by atoms with van der Waals surface area (Å²) < 4.78 is 10.8. The number of hydrogen-bond acceptors (Lipinski definition) is 6. The van der Waals surface area contributed by atoms with Crippen LogP contribution in [0.2, 0.25) is 0 Å². The van der Waals surface area contributed by atoms with Crippen LogP contribution in [-0.2, 0) is 0 Å². The minimum atomic E-state index is -0.907. The third kappa shape index (κ3) is 4.75. The summed E-state index contributed by atoms with van der Waals surface area (Å²) in [6.07, 6.45) is 1.98. The van der Waals surface area contributed by atoms with Crippen LogP contribution in [-0.4, -0.2) is 23.2 Å². The molecule has 1 saturated carbocycles. The van der Waals surface area contributed by atoms with Crippen molar-refractivity contribution in [3.05, 3.63) is 78.5 Å². The van der Waals surface area contributed by atoms with Gasteiger partial charge < -0.3 is 14.8 Å². The molecule has 30 heavy (non-hydrogen) atoms. The van der Waals surface area contributed by atoms with Crippen LogP contribution >= 0.6 is 0 Å². The Bertz CT molecular complexity index is 983. The van der Waals surface area contributed by atoms with E-state index < -0.39 is 12.2 Å². The van der Waals surface area contributed by atoms with Gasteiger partial charge in [0.2, 0.25) is 0 Å². The van der Waals surface area contributed by atoms with Crippen LogP contribution in [0.25, 0.3) is 0 Å². The van der Waals surface area contributed by atoms with E-state index >= 15 is 0 Å². The molecule has 0 atom stereocenters. The van der Waals surface area contributed by atoms with Crippen LogP contribution in [0.15, 0.2) is 72.9 Å². The van der Waals surface area contributed by atoms with E-state index in [9.17, 15) is 9.59 Å². The third-order valence-corrected chi connectivity index (χ3v) is 4.52. The van der Waals surface area contributed by atoms with Gasteiger partial charge in [0.25, 0.3) is 0 Å². The topological polar surface area (TPSA) is 80.8 Å². The van der Waals surface area contributed by atoms with Crippen molar-refractivity contribution in [2.75, 3.05) is 10.2 Å². The highest BCUT2D eigenvalue weighted by atomic mass is 16.6. The van der Waals surface area contributed by atoms with Crippen LogP contribution in [0.3, 0.4) is 0 Å². The fourth-order valence-corrected chi connectivity index (χ4v) is 2.77. The molecular weight excluding hydrogens is 382 g/mol. The number of aromatic nitrogens is 1. The van der Waals surface area contributed by atoms with Gasteiger partial charge in [-0.1, -0.05) is 36.4 Å². The molecule has 3 aromatic rings. The van der Waals surface area contributed by atoms with E-state index in [0.29, 0.717) is 17.5 Å². The molecule has 1 heterocycles. The number of nitrogens with zero attached hydrogens (tertiary/aromatic N) is 2. The summed E-state index contributed by atoms with van der Waals surface area (Å²) in [5, 5.41) is 3.39. The molecule has 7 heteroatoms. The molecule has 1 fully saturated rings. The smallest absolute Gasteiger partial charge is 0.410 e. The predicted octanol–water partition coefficient (Wildman–Crippen LogP) is 5.17. The lowest BCUT2D eigenvalue weighted by Gasteiger charge is -2.20. The number of nitrogens with one attached hydrogen (secondary N) is 1. The maximum atomic E-state index is 12.9. The summed E-state index contributed by atoms with van der Waals surface area (Å²) in [7, 11) is 0. The molecule has 7 nitrogen and oxygen atoms in total. The first-order valence-corrected chi connectivity index (χ1v) is 9.67. The first-order valence-electron chi connectivity index (χ1n) is 9.67. The number of anilines is 2. The number of ether oxygens (including phenoxy) is 2. The Hall–Kier alpha value is -3.87. The number of imide groups is 1. The van der Waals surface area contributed by atoms with Gasteiger partial charge in [0.15, 0.2) is 5.82 Å². The summed E-state index contributed by atoms with van der Waals surface area (Å²) in [4.78, 5) is 30.9. The molecule has 1 aliphatic rings. The zero-order valence-electron chi connectivity index (χ0n) is 16.4. The molecule has 0 aliphatic heterocycles. The highest BCUT2D eigenvalue weighted by Gasteiger charge is 2.30. The van der Waals surface area contributed by atoms with Crippen LogP contribution in [0.4, 0.5) is 21.1 Å². The highest BCUT2D eigenvalue weighted by molar-refractivity contribution is 6.10. The second-order valence-electron chi connectivity index (χ2n) is 6.97. The van der Waals surface area contributed by atoms with Crippen molar-refractivity contribution in [2.45, 2.75) is 25.8 Å². The fourth-order valence-electron chi connectivity index (χ4n) is 2.77. The molecule has 152 valence electrons. The van der Waals surface area contributed by atoms with Crippen molar-refractivity contribution >= 4 is 23.7 Å². The second-order valence-corrected chi connectivity index (χ2v) is 6.97. The summed E-state index contributed by atoms with van der Waals surface area (Å²) in [5.41, 5.74) is 1.73. The first-order chi connectivity index (χ1) is 14.6. The number of rotatable bonds is 5. The van der Waals surface area contributed by atoms with Crippen molar-refractivity contribution in [3.63, 3.8) is 0 Å². The van der Waals surface area contributed by atoms with Crippen LogP contribution in [0, 0.1) is 6.92 Å². The Morgan fingerprint density at radius 1 is 0.933 bits per heavy atom. The van der Waals surface area contributed by atoms with Gasteiger partial charge in [-0.25, -0.2) is 14.6 Å². The lowest BCUT2D eigenvalue weighted by molar-refractivity contribution is 0.190. The number of hydrogen-bond donors (Lipinski definition) is 1. The number of amides is 2. The number of pyridine rings is 1. The molecule has 0 radical (unpaired) electrons. The van der Waals surface area contributed by atoms with Gasteiger partial charge in [-0.15, -0.1) is 0 Å². The minimum absolute atomic E-state index is 0.116. The number of carbonyl (C=O) groups is 2. The molecule has 2 amide bonds. The van der Waals surface area contributed by atoms with Gasteiger partial charge >= 0.3 is 12.2 Å². The molecule has 1 aliphatic carbocycles. The van der Waals surface area contributed by atoms with E-state index in [1.807, 2.05) is 6.92 Å². The monoisotopic (exact) mass is 403 g/mol. The van der Waals surface area contributed by atoms with Gasteiger partial charge in [0.05, 0.1) is 0 Å². The largest absolute Gasteiger partial charge is 0.430 e. The van der Waals surface area contributed by atoms with E-state index in [1.54, 1.807) is 72.9 Å². The molecule has 0 spiro atoms. The van der Waals surface area contributed by atoms with Gasteiger partial charge in [0.1, 0.15) is 11.5 Å². The number of para-hydroxylation sites is 2. The molecular formula is C23H21N3O4. The summed E-state index contributed by atoms with van der Waals surface area (Å²) in [5.74, 6) is 0.734. The Balaban J connectivity index is 1.63. The average molecular weight is 403 g/mol. The van der Waals surface area contributed by atoms with Gasteiger partial charge in [-0.05, 0) is 49.6 Å². The van der Waals surface area contributed by atoms with Gasteiger partial charge in [-0.3, -0.25) is 0 Å². The van der Waals surface area contributed by atoms with Gasteiger partial charge in [-0.2, -0.15) is 4.90 Å². The second kappa shape index (κ2) is 8.65. The molecule has 2 aromatic carbocycles. The molecule has 0 bridgehead atoms. The van der Waals surface area contributed by atoms with Crippen molar-refractivity contribution in [1.29, 1.82) is 0 Å². The molecule has 1 aromatic heterocycles. The minimum Gasteiger partial charge on any atom is -0.410 e. The lowest BCUT2D eigenvalue weighted by atomic mass is 10.2. The predicted molar refractivity (Wildman–Crippen MR) is 113 cm³/mol.